The van der Waals surface area contributed by atoms with Crippen molar-refractivity contribution in [1.82, 2.24) is 19.5 Å². The Kier molecular flexibility index (Phi) is 4.40. The van der Waals surface area contributed by atoms with E-state index in [-0.39, 0.29) is 19.0 Å². The molecule has 1 aliphatic heterocycles. The maximum atomic E-state index is 10.3. The van der Waals surface area contributed by atoms with E-state index in [1.807, 2.05) is 0 Å². The van der Waals surface area contributed by atoms with E-state index in [1.54, 1.807) is 4.57 Å². The Morgan fingerprint density at radius 1 is 1.43 bits per heavy atom. The highest BCUT2D eigenvalue weighted by Crippen LogP contribution is 2.33. The maximum absolute atomic E-state index is 10.3. The molecule has 3 rings (SSSR count). The molecule has 0 spiro atoms. The van der Waals surface area contributed by atoms with Gasteiger partial charge in [0.1, 0.15) is 30.2 Å². The molecule has 0 amide bonds. The third kappa shape index (κ3) is 2.73. The Bertz CT molecular complexity index is 728. The van der Waals surface area contributed by atoms with Crippen molar-refractivity contribution < 1.29 is 19.7 Å². The van der Waals surface area contributed by atoms with Crippen LogP contribution in [0, 0.1) is 12.3 Å². The van der Waals surface area contributed by atoms with Gasteiger partial charge in [-0.1, -0.05) is 0 Å². The number of nitrogen functional groups attached to an aromatic ring is 1. The Labute approximate surface area is 132 Å². The molecule has 9 nitrogen and oxygen atoms in total. The number of nitrogens with two attached hydrogens (primary N) is 1. The molecule has 0 bridgehead atoms. The highest BCUT2D eigenvalue weighted by Gasteiger charge is 2.45. The van der Waals surface area contributed by atoms with Gasteiger partial charge >= 0.3 is 0 Å². The monoisotopic (exact) mass is 319 g/mol. The number of terminal acetylenes is 1. The summed E-state index contributed by atoms with van der Waals surface area (Å²) in [7, 11) is 0. The van der Waals surface area contributed by atoms with Crippen molar-refractivity contribution >= 4 is 17.0 Å². The largest absolute Gasteiger partial charge is 0.394 e. The first-order chi connectivity index (χ1) is 11.2. The number of fused-ring (bicyclic) bond motifs is 1. The average molecular weight is 319 g/mol. The first kappa shape index (κ1) is 15.6. The van der Waals surface area contributed by atoms with E-state index < -0.39 is 24.5 Å². The Morgan fingerprint density at radius 3 is 3.00 bits per heavy atom. The van der Waals surface area contributed by atoms with Gasteiger partial charge in [-0.05, 0) is 0 Å². The zero-order valence-corrected chi connectivity index (χ0v) is 12.2. The molecule has 2 aromatic heterocycles. The summed E-state index contributed by atoms with van der Waals surface area (Å²) < 4.78 is 13.0. The van der Waals surface area contributed by atoms with Crippen LogP contribution in [0.15, 0.2) is 12.7 Å². The summed E-state index contributed by atoms with van der Waals surface area (Å²) in [6.45, 7) is -0.0730. The molecule has 1 fully saturated rings. The molecular formula is C14H17N5O4. The molecule has 23 heavy (non-hydrogen) atoms. The first-order valence-corrected chi connectivity index (χ1v) is 7.09. The highest BCUT2D eigenvalue weighted by molar-refractivity contribution is 5.81. The molecule has 1 saturated heterocycles. The van der Waals surface area contributed by atoms with Gasteiger partial charge in [0.2, 0.25) is 0 Å². The minimum atomic E-state index is -1.00. The van der Waals surface area contributed by atoms with Gasteiger partial charge in [-0.3, -0.25) is 4.57 Å². The van der Waals surface area contributed by atoms with Crippen LogP contribution in [0.3, 0.4) is 0 Å². The van der Waals surface area contributed by atoms with Gasteiger partial charge in [0.15, 0.2) is 17.7 Å². The Morgan fingerprint density at radius 2 is 2.26 bits per heavy atom. The lowest BCUT2D eigenvalue weighted by atomic mass is 10.1. The smallest absolute Gasteiger partial charge is 0.167 e. The van der Waals surface area contributed by atoms with Crippen LogP contribution in [0.25, 0.3) is 11.2 Å². The highest BCUT2D eigenvalue weighted by atomic mass is 16.6. The molecule has 2 unspecified atom stereocenters. The zero-order valence-electron chi connectivity index (χ0n) is 12.2. The number of ether oxygens (including phenoxy) is 2. The van der Waals surface area contributed by atoms with E-state index in [2.05, 4.69) is 20.9 Å². The number of hydrogen-bond acceptors (Lipinski definition) is 8. The molecule has 4 atom stereocenters. The molecule has 3 heterocycles. The summed E-state index contributed by atoms with van der Waals surface area (Å²) in [4.78, 5) is 12.2. The van der Waals surface area contributed by atoms with Crippen LogP contribution in [-0.4, -0.2) is 61.3 Å². The molecule has 1 aliphatic rings. The summed E-state index contributed by atoms with van der Waals surface area (Å²) in [5, 5.41) is 19.6. The molecule has 4 N–H and O–H groups in total. The summed E-state index contributed by atoms with van der Waals surface area (Å²) in [6.07, 6.45) is 5.23. The van der Waals surface area contributed by atoms with Crippen LogP contribution in [-0.2, 0) is 9.47 Å². The Hall–Kier alpha value is -2.25. The normalized spacial score (nSPS) is 27.3. The predicted octanol–water partition coefficient (Wildman–Crippen LogP) is -0.932. The lowest BCUT2D eigenvalue weighted by Crippen LogP contribution is -2.35. The molecule has 2 aromatic rings. The lowest BCUT2D eigenvalue weighted by Gasteiger charge is -2.21. The van der Waals surface area contributed by atoms with Crippen molar-refractivity contribution in [2.75, 3.05) is 18.9 Å². The number of rotatable bonds is 5. The van der Waals surface area contributed by atoms with Crippen LogP contribution in [0.1, 0.15) is 12.6 Å². The number of hydrogen-bond donors (Lipinski definition) is 3. The Balaban J connectivity index is 1.94. The van der Waals surface area contributed by atoms with Crippen molar-refractivity contribution in [3.63, 3.8) is 0 Å². The fourth-order valence-corrected chi connectivity index (χ4v) is 2.58. The van der Waals surface area contributed by atoms with Crippen molar-refractivity contribution in [3.8, 4) is 12.3 Å². The van der Waals surface area contributed by atoms with E-state index in [1.165, 1.54) is 12.7 Å². The van der Waals surface area contributed by atoms with Crippen LogP contribution in [0.5, 0.6) is 0 Å². The molecule has 0 aliphatic carbocycles. The van der Waals surface area contributed by atoms with Crippen molar-refractivity contribution in [3.05, 3.63) is 12.7 Å². The molecular weight excluding hydrogens is 302 g/mol. The van der Waals surface area contributed by atoms with Gasteiger partial charge in [-0.2, -0.15) is 0 Å². The predicted molar refractivity (Wildman–Crippen MR) is 79.9 cm³/mol. The van der Waals surface area contributed by atoms with E-state index >= 15 is 0 Å². The van der Waals surface area contributed by atoms with E-state index in [9.17, 15) is 10.2 Å². The van der Waals surface area contributed by atoms with Gasteiger partial charge in [-0.15, -0.1) is 12.3 Å². The van der Waals surface area contributed by atoms with Crippen LogP contribution >= 0.6 is 0 Å². The second-order valence-corrected chi connectivity index (χ2v) is 5.11. The quantitative estimate of drug-likeness (QED) is 0.476. The summed E-state index contributed by atoms with van der Waals surface area (Å²) in [5.74, 6) is 2.71. The third-order valence-corrected chi connectivity index (χ3v) is 3.71. The maximum Gasteiger partial charge on any atom is 0.167 e. The molecule has 0 saturated carbocycles. The second kappa shape index (κ2) is 6.47. The third-order valence-electron chi connectivity index (χ3n) is 3.71. The number of aliphatic hydroxyl groups excluding tert-OH is 2. The van der Waals surface area contributed by atoms with E-state index in [0.29, 0.717) is 17.6 Å². The van der Waals surface area contributed by atoms with Crippen LogP contribution in [0.2, 0.25) is 0 Å². The lowest BCUT2D eigenvalue weighted by molar-refractivity contribution is -0.0693. The zero-order chi connectivity index (χ0) is 16.4. The number of aromatic nitrogens is 4. The van der Waals surface area contributed by atoms with Gasteiger partial charge in [0, 0.05) is 6.42 Å². The van der Waals surface area contributed by atoms with Crippen molar-refractivity contribution in [2.24, 2.45) is 0 Å². The summed E-state index contributed by atoms with van der Waals surface area (Å²) in [6, 6.07) is 0. The van der Waals surface area contributed by atoms with Crippen LogP contribution < -0.4 is 5.73 Å². The summed E-state index contributed by atoms with van der Waals surface area (Å²) >= 11 is 0. The average Bonchev–Trinajstić information content (AvgIpc) is 3.10. The molecule has 122 valence electrons. The van der Waals surface area contributed by atoms with E-state index in [4.69, 9.17) is 21.6 Å². The number of aliphatic hydroxyl groups is 2. The number of anilines is 1. The molecule has 0 radical (unpaired) electrons. The molecule has 0 aromatic carbocycles. The fourth-order valence-electron chi connectivity index (χ4n) is 2.58. The SMILES string of the molecule is C#CCCOC1C(O)[C@@H](CO)O[C@H]1n1cnc2c(N)ncnc21. The minimum Gasteiger partial charge on any atom is -0.394 e. The topological polar surface area (TPSA) is 129 Å². The number of nitrogens with zero attached hydrogens (tertiary/aromatic N) is 4. The van der Waals surface area contributed by atoms with Crippen molar-refractivity contribution in [2.45, 2.75) is 31.0 Å². The first-order valence-electron chi connectivity index (χ1n) is 7.09. The standard InChI is InChI=1S/C14H17N5O4/c1-2-3-4-22-11-10(21)8(5-20)23-14(11)19-7-18-9-12(15)16-6-17-13(9)19/h1,6-8,10-11,14,20-21H,3-5H2,(H2,15,16,17)/t8-,10?,11?,14-/m1/s1. The second-order valence-electron chi connectivity index (χ2n) is 5.11. The van der Waals surface area contributed by atoms with Gasteiger partial charge in [0.05, 0.1) is 19.5 Å². The van der Waals surface area contributed by atoms with E-state index in [0.717, 1.165) is 0 Å². The minimum absolute atomic E-state index is 0.246. The van der Waals surface area contributed by atoms with Gasteiger partial charge < -0.3 is 25.4 Å². The van der Waals surface area contributed by atoms with Crippen molar-refractivity contribution in [1.29, 1.82) is 0 Å². The molecule has 9 heteroatoms. The number of imidazole rings is 1. The van der Waals surface area contributed by atoms with Gasteiger partial charge in [0.25, 0.3) is 0 Å². The van der Waals surface area contributed by atoms with Crippen LogP contribution in [0.4, 0.5) is 5.82 Å². The summed E-state index contributed by atoms with van der Waals surface area (Å²) in [5.41, 5.74) is 6.66. The van der Waals surface area contributed by atoms with Gasteiger partial charge in [-0.25, -0.2) is 15.0 Å². The fraction of sp³-hybridized carbons (Fsp3) is 0.500.